The van der Waals surface area contributed by atoms with Crippen LogP contribution in [0.5, 0.6) is 11.5 Å². The minimum Gasteiger partial charge on any atom is -0.486 e. The van der Waals surface area contributed by atoms with Gasteiger partial charge in [0.15, 0.2) is 17.5 Å². The van der Waals surface area contributed by atoms with E-state index in [4.69, 9.17) is 20.3 Å². The SMILES string of the molecule is NC(C(=O)O)C(=O)NCc1ccc2c(c1)OCCO2. The van der Waals surface area contributed by atoms with Crippen LogP contribution in [0.3, 0.4) is 0 Å². The highest BCUT2D eigenvalue weighted by molar-refractivity contribution is 6.00. The van der Waals surface area contributed by atoms with Crippen LogP contribution in [0.15, 0.2) is 18.2 Å². The normalized spacial score (nSPS) is 14.6. The first kappa shape index (κ1) is 13.2. The smallest absolute Gasteiger partial charge is 0.330 e. The number of nitrogens with one attached hydrogen (secondary N) is 1. The summed E-state index contributed by atoms with van der Waals surface area (Å²) < 4.78 is 10.8. The number of aliphatic carboxylic acids is 1. The van der Waals surface area contributed by atoms with E-state index in [1.54, 1.807) is 18.2 Å². The first-order valence-corrected chi connectivity index (χ1v) is 5.72. The van der Waals surface area contributed by atoms with Gasteiger partial charge in [0.1, 0.15) is 13.2 Å². The number of carboxylic acids is 1. The van der Waals surface area contributed by atoms with Crippen molar-refractivity contribution < 1.29 is 24.2 Å². The standard InChI is InChI=1S/C12H14N2O5/c13-10(12(16)17)11(15)14-6-7-1-2-8-9(5-7)19-4-3-18-8/h1-2,5,10H,3-4,6,13H2,(H,14,15)(H,16,17). The maximum absolute atomic E-state index is 11.4. The topological polar surface area (TPSA) is 111 Å². The van der Waals surface area contributed by atoms with Gasteiger partial charge in [-0.15, -0.1) is 0 Å². The number of amides is 1. The minimum absolute atomic E-state index is 0.177. The van der Waals surface area contributed by atoms with Gasteiger partial charge in [-0.25, -0.2) is 4.79 Å². The van der Waals surface area contributed by atoms with Crippen molar-refractivity contribution in [2.24, 2.45) is 5.73 Å². The van der Waals surface area contributed by atoms with Gasteiger partial charge in [0.25, 0.3) is 0 Å². The molecule has 1 aromatic carbocycles. The molecule has 0 radical (unpaired) electrons. The number of carbonyl (C=O) groups excluding carboxylic acids is 1. The van der Waals surface area contributed by atoms with Crippen LogP contribution in [0, 0.1) is 0 Å². The van der Waals surface area contributed by atoms with Gasteiger partial charge in [-0.2, -0.15) is 0 Å². The van der Waals surface area contributed by atoms with E-state index in [0.29, 0.717) is 24.7 Å². The number of carboxylic acid groups (broad SMARTS) is 1. The highest BCUT2D eigenvalue weighted by atomic mass is 16.6. The Kier molecular flexibility index (Phi) is 3.86. The summed E-state index contributed by atoms with van der Waals surface area (Å²) in [5.41, 5.74) is 5.95. The monoisotopic (exact) mass is 266 g/mol. The molecule has 1 amide bonds. The Hall–Kier alpha value is -2.28. The third kappa shape index (κ3) is 3.14. The lowest BCUT2D eigenvalue weighted by molar-refractivity contribution is -0.142. The quantitative estimate of drug-likeness (QED) is 0.633. The Morgan fingerprint density at radius 3 is 2.68 bits per heavy atom. The Morgan fingerprint density at radius 1 is 1.32 bits per heavy atom. The molecule has 1 aliphatic rings. The predicted octanol–water partition coefficient (Wildman–Crippen LogP) is -0.514. The van der Waals surface area contributed by atoms with Crippen LogP contribution in [0.4, 0.5) is 0 Å². The molecule has 1 aromatic rings. The maximum atomic E-state index is 11.4. The lowest BCUT2D eigenvalue weighted by Gasteiger charge is -2.19. The highest BCUT2D eigenvalue weighted by Crippen LogP contribution is 2.30. The van der Waals surface area contributed by atoms with Gasteiger partial charge >= 0.3 is 5.97 Å². The molecule has 102 valence electrons. The average molecular weight is 266 g/mol. The van der Waals surface area contributed by atoms with Crippen LogP contribution in [0.25, 0.3) is 0 Å². The first-order valence-electron chi connectivity index (χ1n) is 5.72. The molecule has 0 spiro atoms. The number of carbonyl (C=O) groups is 2. The summed E-state index contributed by atoms with van der Waals surface area (Å²) in [4.78, 5) is 21.9. The largest absolute Gasteiger partial charge is 0.486 e. The summed E-state index contributed by atoms with van der Waals surface area (Å²) in [6.45, 7) is 1.17. The first-order chi connectivity index (χ1) is 9.08. The molecule has 2 rings (SSSR count). The molecule has 1 atom stereocenters. The Balaban J connectivity index is 1.96. The number of fused-ring (bicyclic) bond motifs is 1. The molecule has 1 aliphatic heterocycles. The average Bonchev–Trinajstić information content (AvgIpc) is 2.43. The third-order valence-corrected chi connectivity index (χ3v) is 2.62. The number of hydrogen-bond acceptors (Lipinski definition) is 5. The molecule has 4 N–H and O–H groups in total. The van der Waals surface area contributed by atoms with Gasteiger partial charge < -0.3 is 25.6 Å². The number of nitrogens with two attached hydrogens (primary N) is 1. The van der Waals surface area contributed by atoms with E-state index in [1.807, 2.05) is 0 Å². The van der Waals surface area contributed by atoms with Crippen LogP contribution in [-0.2, 0) is 16.1 Å². The summed E-state index contributed by atoms with van der Waals surface area (Å²) in [6.07, 6.45) is 0. The Labute approximate surface area is 109 Å². The molecule has 0 saturated carbocycles. The zero-order valence-corrected chi connectivity index (χ0v) is 10.1. The van der Waals surface area contributed by atoms with Crippen molar-refractivity contribution in [3.63, 3.8) is 0 Å². The van der Waals surface area contributed by atoms with Crippen molar-refractivity contribution >= 4 is 11.9 Å². The highest BCUT2D eigenvalue weighted by Gasteiger charge is 2.20. The predicted molar refractivity (Wildman–Crippen MR) is 64.9 cm³/mol. The molecule has 7 nitrogen and oxygen atoms in total. The van der Waals surface area contributed by atoms with Gasteiger partial charge in [0.2, 0.25) is 5.91 Å². The summed E-state index contributed by atoms with van der Waals surface area (Å²) in [5.74, 6) is -0.828. The zero-order valence-electron chi connectivity index (χ0n) is 10.1. The molecule has 0 fully saturated rings. The molecule has 0 saturated heterocycles. The van der Waals surface area contributed by atoms with Crippen molar-refractivity contribution in [1.29, 1.82) is 0 Å². The molecule has 0 bridgehead atoms. The number of hydrogen-bond donors (Lipinski definition) is 3. The van der Waals surface area contributed by atoms with E-state index in [0.717, 1.165) is 5.56 Å². The van der Waals surface area contributed by atoms with Gasteiger partial charge in [-0.05, 0) is 17.7 Å². The number of benzene rings is 1. The Morgan fingerprint density at radius 2 is 2.00 bits per heavy atom. The van der Waals surface area contributed by atoms with Crippen LogP contribution in [-0.4, -0.2) is 36.2 Å². The van der Waals surface area contributed by atoms with Gasteiger partial charge in [0.05, 0.1) is 0 Å². The van der Waals surface area contributed by atoms with E-state index >= 15 is 0 Å². The zero-order chi connectivity index (χ0) is 13.8. The van der Waals surface area contributed by atoms with Gasteiger partial charge in [0, 0.05) is 6.54 Å². The molecule has 1 unspecified atom stereocenters. The molecule has 19 heavy (non-hydrogen) atoms. The molecular formula is C12H14N2O5. The van der Waals surface area contributed by atoms with E-state index in [1.165, 1.54) is 0 Å². The summed E-state index contributed by atoms with van der Waals surface area (Å²) >= 11 is 0. The van der Waals surface area contributed by atoms with E-state index in [-0.39, 0.29) is 6.54 Å². The molecule has 1 heterocycles. The second kappa shape index (κ2) is 5.57. The fourth-order valence-corrected chi connectivity index (χ4v) is 1.61. The van der Waals surface area contributed by atoms with Crippen LogP contribution in [0.2, 0.25) is 0 Å². The van der Waals surface area contributed by atoms with E-state index < -0.39 is 17.9 Å². The number of ether oxygens (including phenoxy) is 2. The van der Waals surface area contributed by atoms with Gasteiger partial charge in [-0.1, -0.05) is 6.07 Å². The van der Waals surface area contributed by atoms with E-state index in [9.17, 15) is 9.59 Å². The van der Waals surface area contributed by atoms with Crippen molar-refractivity contribution in [1.82, 2.24) is 5.32 Å². The van der Waals surface area contributed by atoms with Crippen LogP contribution >= 0.6 is 0 Å². The van der Waals surface area contributed by atoms with Crippen molar-refractivity contribution in [3.8, 4) is 11.5 Å². The van der Waals surface area contributed by atoms with Crippen LogP contribution < -0.4 is 20.5 Å². The second-order valence-electron chi connectivity index (χ2n) is 4.01. The maximum Gasteiger partial charge on any atom is 0.330 e. The van der Waals surface area contributed by atoms with E-state index in [2.05, 4.69) is 5.32 Å². The lowest BCUT2D eigenvalue weighted by atomic mass is 10.2. The second-order valence-corrected chi connectivity index (χ2v) is 4.01. The summed E-state index contributed by atoms with van der Waals surface area (Å²) in [7, 11) is 0. The fraction of sp³-hybridized carbons (Fsp3) is 0.333. The van der Waals surface area contributed by atoms with Crippen molar-refractivity contribution in [2.45, 2.75) is 12.6 Å². The van der Waals surface area contributed by atoms with Gasteiger partial charge in [-0.3, -0.25) is 4.79 Å². The number of rotatable bonds is 4. The molecular weight excluding hydrogens is 252 g/mol. The lowest BCUT2D eigenvalue weighted by Crippen LogP contribution is -2.45. The molecule has 0 aromatic heterocycles. The summed E-state index contributed by atoms with van der Waals surface area (Å²) in [5, 5.41) is 11.0. The van der Waals surface area contributed by atoms with Crippen molar-refractivity contribution in [2.75, 3.05) is 13.2 Å². The third-order valence-electron chi connectivity index (χ3n) is 2.62. The fourth-order valence-electron chi connectivity index (χ4n) is 1.61. The summed E-state index contributed by atoms with van der Waals surface area (Å²) in [6, 6.07) is 3.69. The van der Waals surface area contributed by atoms with Crippen molar-refractivity contribution in [3.05, 3.63) is 23.8 Å². The van der Waals surface area contributed by atoms with Crippen LogP contribution in [0.1, 0.15) is 5.56 Å². The Bertz CT molecular complexity index is 503. The minimum atomic E-state index is -1.56. The molecule has 0 aliphatic carbocycles. The molecule has 7 heteroatoms.